The van der Waals surface area contributed by atoms with E-state index in [-0.39, 0.29) is 11.7 Å². The fourth-order valence-corrected chi connectivity index (χ4v) is 3.36. The molecule has 2 aliphatic heterocycles. The summed E-state index contributed by atoms with van der Waals surface area (Å²) in [5.41, 5.74) is 0.490. The number of rotatable bonds is 3. The third kappa shape index (κ3) is 3.16. The molecule has 0 aliphatic carbocycles. The molecule has 4 nitrogen and oxygen atoms in total. The first-order valence-corrected chi connectivity index (χ1v) is 7.88. The maximum Gasteiger partial charge on any atom is 0.295 e. The first-order valence-electron chi connectivity index (χ1n) is 7.88. The molecule has 2 aliphatic rings. The van der Waals surface area contributed by atoms with Crippen LogP contribution >= 0.6 is 0 Å². The van der Waals surface area contributed by atoms with E-state index in [4.69, 9.17) is 0 Å². The van der Waals surface area contributed by atoms with Crippen LogP contribution in [0.25, 0.3) is 0 Å². The number of carbonyl (C=O) groups is 2. The highest BCUT2D eigenvalue weighted by atomic mass is 16.2. The van der Waals surface area contributed by atoms with Crippen molar-refractivity contribution in [2.45, 2.75) is 31.7 Å². The lowest BCUT2D eigenvalue weighted by molar-refractivity contribution is -0.125. The van der Waals surface area contributed by atoms with E-state index in [1.54, 1.807) is 29.2 Å². The SMILES string of the molecule is O=C(C(=O)N1CC[C@H](N2CCCCC2)C1)c1ccccc1. The Hall–Kier alpha value is -1.68. The fraction of sp³-hybridized carbons (Fsp3) is 0.529. The molecule has 0 radical (unpaired) electrons. The molecule has 2 saturated heterocycles. The Balaban J connectivity index is 1.60. The lowest BCUT2D eigenvalue weighted by atomic mass is 10.1. The summed E-state index contributed by atoms with van der Waals surface area (Å²) in [7, 11) is 0. The van der Waals surface area contributed by atoms with Crippen molar-refractivity contribution in [3.63, 3.8) is 0 Å². The van der Waals surface area contributed by atoms with Crippen molar-refractivity contribution < 1.29 is 9.59 Å². The van der Waals surface area contributed by atoms with Gasteiger partial charge in [0.25, 0.3) is 5.91 Å². The van der Waals surface area contributed by atoms with Crippen LogP contribution in [0.15, 0.2) is 30.3 Å². The van der Waals surface area contributed by atoms with Gasteiger partial charge in [-0.1, -0.05) is 36.8 Å². The summed E-state index contributed by atoms with van der Waals surface area (Å²) in [6, 6.07) is 9.29. The van der Waals surface area contributed by atoms with Gasteiger partial charge in [0.05, 0.1) is 0 Å². The van der Waals surface area contributed by atoms with E-state index in [0.717, 1.165) is 19.5 Å². The molecule has 0 unspecified atom stereocenters. The zero-order chi connectivity index (χ0) is 14.7. The highest BCUT2D eigenvalue weighted by molar-refractivity contribution is 6.42. The van der Waals surface area contributed by atoms with Crippen molar-refractivity contribution in [3.8, 4) is 0 Å². The Kier molecular flexibility index (Phi) is 4.34. The Bertz CT molecular complexity index is 509. The predicted molar refractivity (Wildman–Crippen MR) is 81.2 cm³/mol. The first kappa shape index (κ1) is 14.3. The molecule has 2 heterocycles. The summed E-state index contributed by atoms with van der Waals surface area (Å²) in [5, 5.41) is 0. The van der Waals surface area contributed by atoms with Gasteiger partial charge in [-0.15, -0.1) is 0 Å². The van der Waals surface area contributed by atoms with Crippen LogP contribution in [0, 0.1) is 0 Å². The monoisotopic (exact) mass is 286 g/mol. The minimum Gasteiger partial charge on any atom is -0.334 e. The van der Waals surface area contributed by atoms with Crippen LogP contribution in [-0.2, 0) is 4.79 Å². The van der Waals surface area contributed by atoms with Crippen molar-refractivity contribution in [2.24, 2.45) is 0 Å². The number of piperidine rings is 1. The standard InChI is InChI=1S/C17H22N2O2/c20-16(14-7-3-1-4-8-14)17(21)19-12-9-15(13-19)18-10-5-2-6-11-18/h1,3-4,7-8,15H,2,5-6,9-13H2/t15-/m0/s1. The van der Waals surface area contributed by atoms with E-state index in [1.807, 2.05) is 6.07 Å². The molecular weight excluding hydrogens is 264 g/mol. The second-order valence-electron chi connectivity index (χ2n) is 5.99. The van der Waals surface area contributed by atoms with Gasteiger partial charge in [0.1, 0.15) is 0 Å². The fourth-order valence-electron chi connectivity index (χ4n) is 3.36. The molecule has 0 spiro atoms. The van der Waals surface area contributed by atoms with Crippen LogP contribution in [0.3, 0.4) is 0 Å². The van der Waals surface area contributed by atoms with E-state index < -0.39 is 0 Å². The third-order valence-corrected chi connectivity index (χ3v) is 4.59. The molecule has 0 bridgehead atoms. The number of Topliss-reactive ketones (excluding diaryl/α,β-unsaturated/α-hetero) is 1. The second-order valence-corrected chi connectivity index (χ2v) is 5.99. The molecule has 4 heteroatoms. The minimum atomic E-state index is -0.380. The van der Waals surface area contributed by atoms with E-state index in [9.17, 15) is 9.59 Å². The number of amides is 1. The minimum absolute atomic E-state index is 0.347. The normalized spacial score (nSPS) is 23.2. The van der Waals surface area contributed by atoms with Gasteiger partial charge < -0.3 is 4.90 Å². The van der Waals surface area contributed by atoms with Gasteiger partial charge in [-0.2, -0.15) is 0 Å². The largest absolute Gasteiger partial charge is 0.334 e. The van der Waals surface area contributed by atoms with Crippen LogP contribution in [0.4, 0.5) is 0 Å². The molecule has 3 rings (SSSR count). The van der Waals surface area contributed by atoms with E-state index >= 15 is 0 Å². The zero-order valence-electron chi connectivity index (χ0n) is 12.3. The van der Waals surface area contributed by atoms with Crippen molar-refractivity contribution in [1.29, 1.82) is 0 Å². The van der Waals surface area contributed by atoms with E-state index in [1.165, 1.54) is 19.3 Å². The molecule has 21 heavy (non-hydrogen) atoms. The Morgan fingerprint density at radius 1 is 0.952 bits per heavy atom. The first-order chi connectivity index (χ1) is 10.3. The zero-order valence-corrected chi connectivity index (χ0v) is 12.3. The van der Waals surface area contributed by atoms with E-state index in [0.29, 0.717) is 24.7 Å². The van der Waals surface area contributed by atoms with Crippen LogP contribution < -0.4 is 0 Å². The van der Waals surface area contributed by atoms with Crippen molar-refractivity contribution in [1.82, 2.24) is 9.80 Å². The maximum atomic E-state index is 12.3. The molecule has 0 N–H and O–H groups in total. The summed E-state index contributed by atoms with van der Waals surface area (Å²) in [6.07, 6.45) is 4.83. The van der Waals surface area contributed by atoms with Gasteiger partial charge in [-0.05, 0) is 32.4 Å². The van der Waals surface area contributed by atoms with Gasteiger partial charge in [-0.25, -0.2) is 0 Å². The lowest BCUT2D eigenvalue weighted by Gasteiger charge is -2.32. The Morgan fingerprint density at radius 2 is 1.67 bits per heavy atom. The van der Waals surface area contributed by atoms with Gasteiger partial charge >= 0.3 is 0 Å². The summed E-state index contributed by atoms with van der Waals surface area (Å²) in [4.78, 5) is 28.8. The number of ketones is 1. The maximum absolute atomic E-state index is 12.3. The number of benzene rings is 1. The van der Waals surface area contributed by atoms with E-state index in [2.05, 4.69) is 4.90 Å². The third-order valence-electron chi connectivity index (χ3n) is 4.59. The van der Waals surface area contributed by atoms with Gasteiger partial charge in [0, 0.05) is 24.7 Å². The molecule has 2 fully saturated rings. The average Bonchev–Trinajstić information content (AvgIpc) is 3.05. The molecule has 1 amide bonds. The number of hydrogen-bond donors (Lipinski definition) is 0. The smallest absolute Gasteiger partial charge is 0.295 e. The van der Waals surface area contributed by atoms with Gasteiger partial charge in [0.2, 0.25) is 5.78 Å². The Labute approximate surface area is 125 Å². The number of carbonyl (C=O) groups excluding carboxylic acids is 2. The van der Waals surface area contributed by atoms with Crippen molar-refractivity contribution in [2.75, 3.05) is 26.2 Å². The van der Waals surface area contributed by atoms with Crippen molar-refractivity contribution >= 4 is 11.7 Å². The Morgan fingerprint density at radius 3 is 2.38 bits per heavy atom. The summed E-state index contributed by atoms with van der Waals surface area (Å²) in [5.74, 6) is -0.726. The van der Waals surface area contributed by atoms with Crippen LogP contribution in [0.5, 0.6) is 0 Å². The molecule has 1 aromatic rings. The average molecular weight is 286 g/mol. The number of hydrogen-bond acceptors (Lipinski definition) is 3. The highest BCUT2D eigenvalue weighted by Crippen LogP contribution is 2.20. The summed E-state index contributed by atoms with van der Waals surface area (Å²) < 4.78 is 0. The predicted octanol–water partition coefficient (Wildman–Crippen LogP) is 1.96. The lowest BCUT2D eigenvalue weighted by Crippen LogP contribution is -2.42. The van der Waals surface area contributed by atoms with Gasteiger partial charge in [-0.3, -0.25) is 14.5 Å². The van der Waals surface area contributed by atoms with Crippen LogP contribution in [0.2, 0.25) is 0 Å². The quantitative estimate of drug-likeness (QED) is 0.630. The molecular formula is C17H22N2O2. The van der Waals surface area contributed by atoms with Crippen molar-refractivity contribution in [3.05, 3.63) is 35.9 Å². The number of nitrogens with zero attached hydrogens (tertiary/aromatic N) is 2. The topological polar surface area (TPSA) is 40.6 Å². The number of likely N-dealkylation sites (tertiary alicyclic amines) is 2. The molecule has 112 valence electrons. The molecule has 1 atom stereocenters. The second kappa shape index (κ2) is 6.39. The van der Waals surface area contributed by atoms with Crippen LogP contribution in [-0.4, -0.2) is 53.7 Å². The summed E-state index contributed by atoms with van der Waals surface area (Å²) >= 11 is 0. The van der Waals surface area contributed by atoms with Crippen LogP contribution in [0.1, 0.15) is 36.0 Å². The molecule has 0 aromatic heterocycles. The van der Waals surface area contributed by atoms with Gasteiger partial charge in [0.15, 0.2) is 0 Å². The summed E-state index contributed by atoms with van der Waals surface area (Å²) in [6.45, 7) is 3.69. The highest BCUT2D eigenvalue weighted by Gasteiger charge is 2.33. The molecule has 0 saturated carbocycles. The molecule has 1 aromatic carbocycles.